The van der Waals surface area contributed by atoms with Crippen LogP contribution in [0.5, 0.6) is 0 Å². The van der Waals surface area contributed by atoms with Crippen LogP contribution in [0.2, 0.25) is 0 Å². The minimum atomic E-state index is -1.01. The van der Waals surface area contributed by atoms with Gasteiger partial charge in [-0.1, -0.05) is 17.7 Å². The number of ether oxygens (including phenoxy) is 1. The summed E-state index contributed by atoms with van der Waals surface area (Å²) in [5.74, 6) is 0.524. The smallest absolute Gasteiger partial charge is 0.323 e. The Morgan fingerprint density at radius 3 is 2.40 bits per heavy atom. The van der Waals surface area contributed by atoms with E-state index in [2.05, 4.69) is 38.2 Å². The first-order valence-corrected chi connectivity index (χ1v) is 8.17. The topological polar surface area (TPSA) is 55.4 Å². The SMILES string of the molecule is COC(=O)C1CS(=O)CC(c2c(C)cc(C)cc2C)N1. The van der Waals surface area contributed by atoms with E-state index in [9.17, 15) is 9.00 Å². The lowest BCUT2D eigenvalue weighted by Gasteiger charge is -2.31. The Bertz CT molecular complexity index is 533. The monoisotopic (exact) mass is 295 g/mol. The third kappa shape index (κ3) is 3.10. The minimum absolute atomic E-state index is 0.0608. The zero-order valence-electron chi connectivity index (χ0n) is 12.4. The van der Waals surface area contributed by atoms with Gasteiger partial charge in [0.2, 0.25) is 0 Å². The number of benzene rings is 1. The third-order valence-electron chi connectivity index (χ3n) is 3.68. The van der Waals surface area contributed by atoms with Crippen LogP contribution in [0.15, 0.2) is 12.1 Å². The minimum Gasteiger partial charge on any atom is -0.468 e. The van der Waals surface area contributed by atoms with Crippen molar-refractivity contribution >= 4 is 16.8 Å². The number of aryl methyl sites for hydroxylation is 3. The first-order chi connectivity index (χ1) is 9.42. The second kappa shape index (κ2) is 6.06. The predicted molar refractivity (Wildman–Crippen MR) is 80.2 cm³/mol. The normalized spacial score (nSPS) is 26.3. The van der Waals surface area contributed by atoms with Gasteiger partial charge < -0.3 is 4.74 Å². The van der Waals surface area contributed by atoms with E-state index in [0.717, 1.165) is 5.56 Å². The summed E-state index contributed by atoms with van der Waals surface area (Å²) in [4.78, 5) is 11.7. The Kier molecular flexibility index (Phi) is 4.60. The molecule has 0 radical (unpaired) electrons. The highest BCUT2D eigenvalue weighted by molar-refractivity contribution is 7.85. The number of methoxy groups -OCH3 is 1. The van der Waals surface area contributed by atoms with E-state index < -0.39 is 16.8 Å². The van der Waals surface area contributed by atoms with Gasteiger partial charge >= 0.3 is 5.97 Å². The van der Waals surface area contributed by atoms with Crippen LogP contribution in [0.25, 0.3) is 0 Å². The molecule has 3 unspecified atom stereocenters. The van der Waals surface area contributed by atoms with Gasteiger partial charge in [0.25, 0.3) is 0 Å². The van der Waals surface area contributed by atoms with E-state index in [1.165, 1.54) is 23.8 Å². The summed E-state index contributed by atoms with van der Waals surface area (Å²) < 4.78 is 16.8. The summed E-state index contributed by atoms with van der Waals surface area (Å²) in [7, 11) is 0.352. The predicted octanol–water partition coefficient (Wildman–Crippen LogP) is 1.55. The van der Waals surface area contributed by atoms with Crippen molar-refractivity contribution in [2.75, 3.05) is 18.6 Å². The van der Waals surface area contributed by atoms with Crippen molar-refractivity contribution in [2.45, 2.75) is 32.9 Å². The van der Waals surface area contributed by atoms with E-state index in [4.69, 9.17) is 4.74 Å². The molecule has 110 valence electrons. The zero-order valence-corrected chi connectivity index (χ0v) is 13.2. The molecule has 1 N–H and O–H groups in total. The van der Waals surface area contributed by atoms with Gasteiger partial charge in [0, 0.05) is 28.3 Å². The molecule has 0 saturated carbocycles. The largest absolute Gasteiger partial charge is 0.468 e. The van der Waals surface area contributed by atoms with Gasteiger partial charge in [0.05, 0.1) is 7.11 Å². The summed E-state index contributed by atoms with van der Waals surface area (Å²) in [5, 5.41) is 3.28. The molecule has 1 aromatic rings. The van der Waals surface area contributed by atoms with Crippen LogP contribution in [0.1, 0.15) is 28.3 Å². The van der Waals surface area contributed by atoms with E-state index in [-0.39, 0.29) is 12.0 Å². The van der Waals surface area contributed by atoms with Gasteiger partial charge in [-0.25, -0.2) is 0 Å². The van der Waals surface area contributed by atoms with Crippen molar-refractivity contribution in [3.8, 4) is 0 Å². The Labute approximate surface area is 122 Å². The molecule has 1 heterocycles. The number of nitrogens with one attached hydrogen (secondary N) is 1. The van der Waals surface area contributed by atoms with Crippen LogP contribution >= 0.6 is 0 Å². The summed E-state index contributed by atoms with van der Waals surface area (Å²) in [5.41, 5.74) is 4.70. The van der Waals surface area contributed by atoms with Gasteiger partial charge in [-0.15, -0.1) is 0 Å². The molecule has 0 spiro atoms. The van der Waals surface area contributed by atoms with Crippen molar-refractivity contribution in [3.63, 3.8) is 0 Å². The maximum absolute atomic E-state index is 12.0. The van der Waals surface area contributed by atoms with Gasteiger partial charge in [0.1, 0.15) is 6.04 Å². The number of esters is 1. The van der Waals surface area contributed by atoms with Crippen LogP contribution in [0.4, 0.5) is 0 Å². The maximum atomic E-state index is 12.0. The fraction of sp³-hybridized carbons (Fsp3) is 0.533. The number of hydrogen-bond donors (Lipinski definition) is 1. The lowest BCUT2D eigenvalue weighted by molar-refractivity contribution is -0.142. The van der Waals surface area contributed by atoms with Crippen LogP contribution in [0, 0.1) is 20.8 Å². The first-order valence-electron chi connectivity index (χ1n) is 6.69. The highest BCUT2D eigenvalue weighted by Gasteiger charge is 2.33. The molecule has 1 fully saturated rings. The molecule has 3 atom stereocenters. The quantitative estimate of drug-likeness (QED) is 0.841. The van der Waals surface area contributed by atoms with Crippen LogP contribution in [0.3, 0.4) is 0 Å². The third-order valence-corrected chi connectivity index (χ3v) is 5.09. The van der Waals surface area contributed by atoms with E-state index in [1.54, 1.807) is 0 Å². The first kappa shape index (κ1) is 15.2. The molecule has 20 heavy (non-hydrogen) atoms. The summed E-state index contributed by atoms with van der Waals surface area (Å²) in [6, 6.07) is 3.69. The summed E-state index contributed by atoms with van der Waals surface area (Å²) >= 11 is 0. The maximum Gasteiger partial charge on any atom is 0.323 e. The van der Waals surface area contributed by atoms with Gasteiger partial charge in [-0.05, 0) is 37.5 Å². The average Bonchev–Trinajstić information content (AvgIpc) is 2.35. The van der Waals surface area contributed by atoms with Crippen LogP contribution in [-0.2, 0) is 20.3 Å². The standard InChI is InChI=1S/C15H21NO3S/c1-9-5-10(2)14(11(3)6-9)12-7-20(18)8-13(16-12)15(17)19-4/h5-6,12-13,16H,7-8H2,1-4H3. The molecule has 0 aromatic heterocycles. The number of carbonyl (C=O) groups excluding carboxylic acids is 1. The fourth-order valence-electron chi connectivity index (χ4n) is 2.96. The highest BCUT2D eigenvalue weighted by Crippen LogP contribution is 2.27. The molecule has 1 aliphatic rings. The summed E-state index contributed by atoms with van der Waals surface area (Å²) in [6.45, 7) is 6.18. The number of hydrogen-bond acceptors (Lipinski definition) is 4. The van der Waals surface area contributed by atoms with Crippen LogP contribution in [-0.4, -0.2) is 34.8 Å². The van der Waals surface area contributed by atoms with Crippen molar-refractivity contribution in [1.82, 2.24) is 5.32 Å². The molecule has 0 aliphatic carbocycles. The van der Waals surface area contributed by atoms with E-state index in [0.29, 0.717) is 11.5 Å². The van der Waals surface area contributed by atoms with Crippen molar-refractivity contribution < 1.29 is 13.7 Å². The molecule has 1 aliphatic heterocycles. The van der Waals surface area contributed by atoms with Crippen LogP contribution < -0.4 is 5.32 Å². The fourth-order valence-corrected chi connectivity index (χ4v) is 4.34. The van der Waals surface area contributed by atoms with Gasteiger partial charge in [-0.2, -0.15) is 0 Å². The van der Waals surface area contributed by atoms with E-state index in [1.807, 2.05) is 0 Å². The Hall–Kier alpha value is -1.20. The van der Waals surface area contributed by atoms with Crippen molar-refractivity contribution in [2.24, 2.45) is 0 Å². The number of carbonyl (C=O) groups is 1. The lowest BCUT2D eigenvalue weighted by Crippen LogP contribution is -2.50. The molecule has 1 saturated heterocycles. The molecule has 0 bridgehead atoms. The van der Waals surface area contributed by atoms with Gasteiger partial charge in [-0.3, -0.25) is 14.3 Å². The second-order valence-electron chi connectivity index (χ2n) is 5.38. The molecule has 1 aromatic carbocycles. The molecule has 0 amide bonds. The van der Waals surface area contributed by atoms with Crippen molar-refractivity contribution in [3.05, 3.63) is 34.4 Å². The Balaban J connectivity index is 2.32. The molecule has 4 nitrogen and oxygen atoms in total. The molecular formula is C15H21NO3S. The van der Waals surface area contributed by atoms with E-state index >= 15 is 0 Å². The summed E-state index contributed by atoms with van der Waals surface area (Å²) in [6.07, 6.45) is 0. The lowest BCUT2D eigenvalue weighted by atomic mass is 9.94. The van der Waals surface area contributed by atoms with Crippen molar-refractivity contribution in [1.29, 1.82) is 0 Å². The zero-order chi connectivity index (χ0) is 14.9. The molecule has 5 heteroatoms. The number of rotatable bonds is 2. The average molecular weight is 295 g/mol. The Morgan fingerprint density at radius 1 is 1.25 bits per heavy atom. The molecule has 2 rings (SSSR count). The molecular weight excluding hydrogens is 274 g/mol. The highest BCUT2D eigenvalue weighted by atomic mass is 32.2. The Morgan fingerprint density at radius 2 is 1.85 bits per heavy atom. The second-order valence-corrected chi connectivity index (χ2v) is 6.93. The van der Waals surface area contributed by atoms with Gasteiger partial charge in [0.15, 0.2) is 0 Å².